The quantitative estimate of drug-likeness (QED) is 0.760. The predicted octanol–water partition coefficient (Wildman–Crippen LogP) is 2.14. The second kappa shape index (κ2) is 6.97. The van der Waals surface area contributed by atoms with Crippen molar-refractivity contribution in [3.63, 3.8) is 0 Å². The molecule has 26 heavy (non-hydrogen) atoms. The molecule has 0 saturated carbocycles. The van der Waals surface area contributed by atoms with Crippen molar-refractivity contribution in [2.75, 3.05) is 37.7 Å². The van der Waals surface area contributed by atoms with E-state index in [0.717, 1.165) is 21.3 Å². The van der Waals surface area contributed by atoms with E-state index in [1.54, 1.807) is 17.0 Å². The maximum Gasteiger partial charge on any atom is 0.242 e. The van der Waals surface area contributed by atoms with Gasteiger partial charge in [0.25, 0.3) is 0 Å². The molecule has 134 valence electrons. The Morgan fingerprint density at radius 1 is 1.19 bits per heavy atom. The average molecular weight is 372 g/mol. The molecule has 2 aromatic heterocycles. The van der Waals surface area contributed by atoms with E-state index in [0.29, 0.717) is 25.5 Å². The van der Waals surface area contributed by atoms with E-state index in [4.69, 9.17) is 5.11 Å². The summed E-state index contributed by atoms with van der Waals surface area (Å²) in [6.45, 7) is 1.70. The van der Waals surface area contributed by atoms with Crippen LogP contribution in [0, 0.1) is 5.82 Å². The van der Waals surface area contributed by atoms with Crippen LogP contribution in [0.1, 0.15) is 0 Å². The minimum absolute atomic E-state index is 0.0318. The fourth-order valence-corrected chi connectivity index (χ4v) is 4.10. The number of anilines is 1. The molecule has 0 radical (unpaired) electrons. The highest BCUT2D eigenvalue weighted by atomic mass is 32.1. The monoisotopic (exact) mass is 372 g/mol. The smallest absolute Gasteiger partial charge is 0.242 e. The van der Waals surface area contributed by atoms with Crippen molar-refractivity contribution in [2.24, 2.45) is 0 Å². The summed E-state index contributed by atoms with van der Waals surface area (Å²) in [5.41, 5.74) is 1.82. The third-order valence-corrected chi connectivity index (χ3v) is 5.38. The number of halogens is 1. The van der Waals surface area contributed by atoms with E-state index in [-0.39, 0.29) is 24.9 Å². The minimum Gasteiger partial charge on any atom is -0.395 e. The maximum absolute atomic E-state index is 13.3. The second-order valence-electron chi connectivity index (χ2n) is 6.06. The van der Waals surface area contributed by atoms with Gasteiger partial charge in [-0.05, 0) is 17.7 Å². The molecule has 0 atom stereocenters. The Morgan fingerprint density at radius 2 is 2.00 bits per heavy atom. The maximum atomic E-state index is 13.3. The number of fused-ring (bicyclic) bond motifs is 1. The van der Waals surface area contributed by atoms with Crippen LogP contribution in [0.4, 0.5) is 10.2 Å². The van der Waals surface area contributed by atoms with Crippen LogP contribution in [0.25, 0.3) is 21.3 Å². The fourth-order valence-electron chi connectivity index (χ4n) is 3.19. The van der Waals surface area contributed by atoms with Crippen LogP contribution < -0.4 is 4.90 Å². The van der Waals surface area contributed by atoms with Crippen LogP contribution in [-0.2, 0) is 4.79 Å². The zero-order valence-electron chi connectivity index (χ0n) is 13.9. The molecule has 8 heteroatoms. The topological polar surface area (TPSA) is 69.6 Å². The van der Waals surface area contributed by atoms with Crippen LogP contribution in [0.15, 0.2) is 36.0 Å². The van der Waals surface area contributed by atoms with Crippen molar-refractivity contribution in [2.45, 2.75) is 0 Å². The first kappa shape index (κ1) is 16.9. The number of hydrogen-bond acceptors (Lipinski definition) is 6. The first-order chi connectivity index (χ1) is 12.7. The number of amides is 1. The number of piperazine rings is 1. The molecule has 1 aliphatic rings. The Morgan fingerprint density at radius 3 is 2.73 bits per heavy atom. The van der Waals surface area contributed by atoms with Crippen molar-refractivity contribution in [3.05, 3.63) is 41.8 Å². The SMILES string of the molecule is O=C1CN(c2ncnc3scc(-c4ccc(F)cc4)c23)CCN1CCO. The number of benzene rings is 1. The van der Waals surface area contributed by atoms with Crippen LogP contribution in [0.5, 0.6) is 0 Å². The van der Waals surface area contributed by atoms with Crippen LogP contribution in [0.3, 0.4) is 0 Å². The molecule has 3 heterocycles. The van der Waals surface area contributed by atoms with Crippen LogP contribution >= 0.6 is 11.3 Å². The lowest BCUT2D eigenvalue weighted by molar-refractivity contribution is -0.131. The molecule has 1 aliphatic heterocycles. The lowest BCUT2D eigenvalue weighted by Crippen LogP contribution is -2.51. The van der Waals surface area contributed by atoms with E-state index in [9.17, 15) is 9.18 Å². The molecule has 0 spiro atoms. The largest absolute Gasteiger partial charge is 0.395 e. The fraction of sp³-hybridized carbons (Fsp3) is 0.278. The van der Waals surface area contributed by atoms with Gasteiger partial charge in [-0.2, -0.15) is 0 Å². The number of thiophene rings is 1. The molecule has 3 aromatic rings. The van der Waals surface area contributed by atoms with Gasteiger partial charge in [0, 0.05) is 30.6 Å². The number of carbonyl (C=O) groups excluding carboxylic acids is 1. The molecular weight excluding hydrogens is 355 g/mol. The van der Waals surface area contributed by atoms with E-state index in [2.05, 4.69) is 9.97 Å². The number of carbonyl (C=O) groups is 1. The Balaban J connectivity index is 1.73. The highest BCUT2D eigenvalue weighted by Crippen LogP contribution is 2.38. The first-order valence-electron chi connectivity index (χ1n) is 8.29. The summed E-state index contributed by atoms with van der Waals surface area (Å²) in [6.07, 6.45) is 1.51. The summed E-state index contributed by atoms with van der Waals surface area (Å²) < 4.78 is 13.3. The highest BCUT2D eigenvalue weighted by Gasteiger charge is 2.26. The van der Waals surface area contributed by atoms with Crippen LogP contribution in [-0.4, -0.2) is 58.7 Å². The van der Waals surface area contributed by atoms with Crippen LogP contribution in [0.2, 0.25) is 0 Å². The highest BCUT2D eigenvalue weighted by molar-refractivity contribution is 7.17. The predicted molar refractivity (Wildman–Crippen MR) is 98.7 cm³/mol. The summed E-state index contributed by atoms with van der Waals surface area (Å²) in [7, 11) is 0. The van der Waals surface area contributed by atoms with E-state index in [1.807, 2.05) is 10.3 Å². The van der Waals surface area contributed by atoms with Crippen molar-refractivity contribution in [1.82, 2.24) is 14.9 Å². The number of aromatic nitrogens is 2. The zero-order chi connectivity index (χ0) is 18.1. The van der Waals surface area contributed by atoms with Gasteiger partial charge in [0.05, 0.1) is 18.5 Å². The number of aliphatic hydroxyl groups excluding tert-OH is 1. The Labute approximate surface area is 153 Å². The summed E-state index contributed by atoms with van der Waals surface area (Å²) in [5, 5.41) is 11.9. The normalized spacial score (nSPS) is 15.1. The molecule has 1 saturated heterocycles. The first-order valence-corrected chi connectivity index (χ1v) is 9.17. The molecule has 1 amide bonds. The molecule has 4 rings (SSSR count). The van der Waals surface area contributed by atoms with Crippen molar-refractivity contribution in [3.8, 4) is 11.1 Å². The van der Waals surface area contributed by atoms with E-state index < -0.39 is 0 Å². The summed E-state index contributed by atoms with van der Waals surface area (Å²) >= 11 is 1.50. The molecule has 0 unspecified atom stereocenters. The zero-order valence-corrected chi connectivity index (χ0v) is 14.7. The molecule has 1 aromatic carbocycles. The van der Waals surface area contributed by atoms with E-state index in [1.165, 1.54) is 29.8 Å². The van der Waals surface area contributed by atoms with Gasteiger partial charge < -0.3 is 14.9 Å². The Kier molecular flexibility index (Phi) is 4.52. The van der Waals surface area contributed by atoms with Gasteiger partial charge in [-0.15, -0.1) is 11.3 Å². The van der Waals surface area contributed by atoms with Gasteiger partial charge in [0.1, 0.15) is 22.8 Å². The molecule has 1 N–H and O–H groups in total. The third kappa shape index (κ3) is 3.02. The van der Waals surface area contributed by atoms with E-state index >= 15 is 0 Å². The van der Waals surface area contributed by atoms with Gasteiger partial charge in [0.15, 0.2) is 0 Å². The second-order valence-corrected chi connectivity index (χ2v) is 6.92. The Hall–Kier alpha value is -2.58. The summed E-state index contributed by atoms with van der Waals surface area (Å²) in [5.74, 6) is 0.401. The van der Waals surface area contributed by atoms with Crippen molar-refractivity contribution < 1.29 is 14.3 Å². The molecule has 0 aliphatic carbocycles. The number of hydrogen-bond donors (Lipinski definition) is 1. The molecular formula is C18H17FN4O2S. The van der Waals surface area contributed by atoms with Gasteiger partial charge in [0.2, 0.25) is 5.91 Å². The molecule has 6 nitrogen and oxygen atoms in total. The number of rotatable bonds is 4. The lowest BCUT2D eigenvalue weighted by Gasteiger charge is -2.34. The minimum atomic E-state index is -0.282. The van der Waals surface area contributed by atoms with Gasteiger partial charge >= 0.3 is 0 Å². The van der Waals surface area contributed by atoms with Gasteiger partial charge in [-0.25, -0.2) is 14.4 Å². The summed E-state index contributed by atoms with van der Waals surface area (Å²) in [6, 6.07) is 6.33. The van der Waals surface area contributed by atoms with Crippen molar-refractivity contribution in [1.29, 1.82) is 0 Å². The average Bonchev–Trinajstić information content (AvgIpc) is 3.08. The molecule has 1 fully saturated rings. The standard InChI is InChI=1S/C18H17FN4O2S/c19-13-3-1-12(2-4-13)14-10-26-18-16(14)17(20-11-21-18)23-6-5-22(7-8-24)15(25)9-23/h1-4,10-11,24H,5-9H2. The Bertz CT molecular complexity index is 944. The number of β-amino-alcohol motifs (C(OH)–C–C–N with tert-alkyl or cyclic N) is 1. The third-order valence-electron chi connectivity index (χ3n) is 4.49. The van der Waals surface area contributed by atoms with Gasteiger partial charge in [-0.1, -0.05) is 12.1 Å². The lowest BCUT2D eigenvalue weighted by atomic mass is 10.1. The van der Waals surface area contributed by atoms with Gasteiger partial charge in [-0.3, -0.25) is 4.79 Å². The number of nitrogens with zero attached hydrogens (tertiary/aromatic N) is 4. The number of aliphatic hydroxyl groups is 1. The van der Waals surface area contributed by atoms with Crippen molar-refractivity contribution >= 4 is 33.3 Å². The summed E-state index contributed by atoms with van der Waals surface area (Å²) in [4.78, 5) is 25.5. The molecule has 0 bridgehead atoms.